The maximum absolute atomic E-state index is 12.4. The number of hydrogen-bond acceptors (Lipinski definition) is 4. The van der Waals surface area contributed by atoms with Crippen LogP contribution in [0.15, 0.2) is 23.2 Å². The van der Waals surface area contributed by atoms with Crippen LogP contribution in [-0.2, 0) is 11.3 Å². The first kappa shape index (κ1) is 23.4. The standard InChI is InChI=1S/C24H39N5O2/c1-4-25-24(27-18-21-10-9-19(3)17-22(21)31-5-2)26-11-12-28-13-15-29(16-14-28)23(30)20-7-6-8-20/h9-10,17,20H,4-8,11-16,18H2,1-3H3,(H2,25,26,27). The number of benzene rings is 1. The topological polar surface area (TPSA) is 69.2 Å². The number of guanidine groups is 1. The largest absolute Gasteiger partial charge is 0.494 e. The van der Waals surface area contributed by atoms with Gasteiger partial charge in [0, 0.05) is 57.3 Å². The summed E-state index contributed by atoms with van der Waals surface area (Å²) in [6.45, 7) is 13.6. The van der Waals surface area contributed by atoms with Crippen molar-refractivity contribution in [2.45, 2.75) is 46.6 Å². The van der Waals surface area contributed by atoms with Crippen LogP contribution in [0.1, 0.15) is 44.2 Å². The van der Waals surface area contributed by atoms with E-state index in [-0.39, 0.29) is 0 Å². The number of amides is 1. The SMILES string of the molecule is CCNC(=NCc1ccc(C)cc1OCC)NCCN1CCN(C(=O)C2CCC2)CC1. The molecule has 0 atom stereocenters. The third-order valence-electron chi connectivity index (χ3n) is 6.13. The van der Waals surface area contributed by atoms with Crippen LogP contribution in [0.25, 0.3) is 0 Å². The molecule has 1 aliphatic carbocycles. The molecule has 1 aromatic rings. The maximum Gasteiger partial charge on any atom is 0.225 e. The molecular weight excluding hydrogens is 390 g/mol. The van der Waals surface area contributed by atoms with Gasteiger partial charge in [0.25, 0.3) is 0 Å². The minimum absolute atomic E-state index is 0.309. The van der Waals surface area contributed by atoms with Gasteiger partial charge in [0.05, 0.1) is 13.2 Å². The normalized spacial score (nSPS) is 17.9. The van der Waals surface area contributed by atoms with Crippen molar-refractivity contribution in [3.8, 4) is 5.75 Å². The smallest absolute Gasteiger partial charge is 0.225 e. The van der Waals surface area contributed by atoms with E-state index in [1.807, 2.05) is 6.92 Å². The van der Waals surface area contributed by atoms with Crippen LogP contribution in [0.5, 0.6) is 5.75 Å². The van der Waals surface area contributed by atoms with Gasteiger partial charge in [0.2, 0.25) is 5.91 Å². The number of aliphatic imine (C=N–C) groups is 1. The number of rotatable bonds is 9. The van der Waals surface area contributed by atoms with Crippen LogP contribution >= 0.6 is 0 Å². The summed E-state index contributed by atoms with van der Waals surface area (Å²) in [4.78, 5) is 21.6. The van der Waals surface area contributed by atoms with Crippen molar-refractivity contribution < 1.29 is 9.53 Å². The molecule has 0 spiro atoms. The second kappa shape index (κ2) is 11.9. The molecular formula is C24H39N5O2. The molecule has 1 heterocycles. The second-order valence-corrected chi connectivity index (χ2v) is 8.46. The van der Waals surface area contributed by atoms with Gasteiger partial charge >= 0.3 is 0 Å². The number of carbonyl (C=O) groups is 1. The predicted octanol–water partition coefficient (Wildman–Crippen LogP) is 2.39. The van der Waals surface area contributed by atoms with Crippen molar-refractivity contribution in [2.24, 2.45) is 10.9 Å². The Morgan fingerprint density at radius 3 is 2.58 bits per heavy atom. The molecule has 172 valence electrons. The first-order valence-electron chi connectivity index (χ1n) is 11.9. The third-order valence-corrected chi connectivity index (χ3v) is 6.13. The van der Waals surface area contributed by atoms with Crippen molar-refractivity contribution in [2.75, 3.05) is 52.4 Å². The van der Waals surface area contributed by atoms with Crippen LogP contribution in [-0.4, -0.2) is 74.1 Å². The molecule has 0 bridgehead atoms. The van der Waals surface area contributed by atoms with Gasteiger partial charge < -0.3 is 20.3 Å². The van der Waals surface area contributed by atoms with E-state index in [2.05, 4.69) is 52.5 Å². The van der Waals surface area contributed by atoms with Gasteiger partial charge in [-0.05, 0) is 45.2 Å². The zero-order chi connectivity index (χ0) is 22.1. The van der Waals surface area contributed by atoms with Gasteiger partial charge in [-0.3, -0.25) is 9.69 Å². The van der Waals surface area contributed by atoms with Gasteiger partial charge in [0.1, 0.15) is 5.75 Å². The highest BCUT2D eigenvalue weighted by Gasteiger charge is 2.30. The van der Waals surface area contributed by atoms with Crippen molar-refractivity contribution in [3.63, 3.8) is 0 Å². The summed E-state index contributed by atoms with van der Waals surface area (Å²) < 4.78 is 5.78. The summed E-state index contributed by atoms with van der Waals surface area (Å²) in [5.74, 6) is 2.43. The quantitative estimate of drug-likeness (QED) is 0.466. The molecule has 2 N–H and O–H groups in total. The number of nitrogens with one attached hydrogen (secondary N) is 2. The Hall–Kier alpha value is -2.28. The van der Waals surface area contributed by atoms with Crippen molar-refractivity contribution in [3.05, 3.63) is 29.3 Å². The fourth-order valence-corrected chi connectivity index (χ4v) is 4.03. The first-order valence-corrected chi connectivity index (χ1v) is 11.9. The van der Waals surface area contributed by atoms with Gasteiger partial charge in [-0.1, -0.05) is 18.6 Å². The molecule has 31 heavy (non-hydrogen) atoms. The second-order valence-electron chi connectivity index (χ2n) is 8.46. The molecule has 7 nitrogen and oxygen atoms in total. The Morgan fingerprint density at radius 2 is 1.94 bits per heavy atom. The molecule has 3 rings (SSSR count). The van der Waals surface area contributed by atoms with E-state index in [0.717, 1.165) is 75.9 Å². The summed E-state index contributed by atoms with van der Waals surface area (Å²) in [7, 11) is 0. The van der Waals surface area contributed by atoms with Gasteiger partial charge in [-0.2, -0.15) is 0 Å². The van der Waals surface area contributed by atoms with Gasteiger partial charge in [-0.25, -0.2) is 4.99 Å². The average Bonchev–Trinajstić information content (AvgIpc) is 2.72. The monoisotopic (exact) mass is 429 g/mol. The summed E-state index contributed by atoms with van der Waals surface area (Å²) in [6, 6.07) is 6.27. The number of piperazine rings is 1. The number of ether oxygens (including phenoxy) is 1. The highest BCUT2D eigenvalue weighted by molar-refractivity contribution is 5.80. The summed E-state index contributed by atoms with van der Waals surface area (Å²) in [5.41, 5.74) is 2.28. The maximum atomic E-state index is 12.4. The van der Waals surface area contributed by atoms with Crippen molar-refractivity contribution >= 4 is 11.9 Å². The molecule has 1 saturated heterocycles. The van der Waals surface area contributed by atoms with E-state index in [1.54, 1.807) is 0 Å². The number of aryl methyl sites for hydroxylation is 1. The Kier molecular flexibility index (Phi) is 9.00. The molecule has 0 aromatic heterocycles. The Bertz CT molecular complexity index is 739. The summed E-state index contributed by atoms with van der Waals surface area (Å²) in [5, 5.41) is 6.77. The van der Waals surface area contributed by atoms with Crippen LogP contribution in [0.2, 0.25) is 0 Å². The fraction of sp³-hybridized carbons (Fsp3) is 0.667. The molecule has 1 aliphatic heterocycles. The van der Waals surface area contributed by atoms with Crippen LogP contribution in [0, 0.1) is 12.8 Å². The Balaban J connectivity index is 1.44. The molecule has 0 unspecified atom stereocenters. The number of carbonyl (C=O) groups excluding carboxylic acids is 1. The number of nitrogens with zero attached hydrogens (tertiary/aromatic N) is 3. The first-order chi connectivity index (χ1) is 15.1. The van der Waals surface area contributed by atoms with Crippen molar-refractivity contribution in [1.29, 1.82) is 0 Å². The van der Waals surface area contributed by atoms with E-state index in [1.165, 1.54) is 12.0 Å². The lowest BCUT2D eigenvalue weighted by atomic mass is 9.84. The van der Waals surface area contributed by atoms with E-state index in [4.69, 9.17) is 9.73 Å². The third kappa shape index (κ3) is 6.86. The lowest BCUT2D eigenvalue weighted by molar-refractivity contribution is -0.139. The molecule has 2 aliphatic rings. The van der Waals surface area contributed by atoms with Crippen LogP contribution in [0.3, 0.4) is 0 Å². The summed E-state index contributed by atoms with van der Waals surface area (Å²) in [6.07, 6.45) is 3.39. The molecule has 1 amide bonds. The van der Waals surface area contributed by atoms with E-state index in [9.17, 15) is 4.79 Å². The lowest BCUT2D eigenvalue weighted by Gasteiger charge is -2.38. The highest BCUT2D eigenvalue weighted by atomic mass is 16.5. The number of hydrogen-bond donors (Lipinski definition) is 2. The Labute approximate surface area is 187 Å². The zero-order valence-corrected chi connectivity index (χ0v) is 19.5. The van der Waals surface area contributed by atoms with Crippen LogP contribution < -0.4 is 15.4 Å². The minimum atomic E-state index is 0.309. The summed E-state index contributed by atoms with van der Waals surface area (Å²) >= 11 is 0. The molecule has 1 aromatic carbocycles. The van der Waals surface area contributed by atoms with E-state index in [0.29, 0.717) is 25.0 Å². The van der Waals surface area contributed by atoms with Crippen LogP contribution in [0.4, 0.5) is 0 Å². The zero-order valence-electron chi connectivity index (χ0n) is 19.5. The molecule has 1 saturated carbocycles. The highest BCUT2D eigenvalue weighted by Crippen LogP contribution is 2.28. The van der Waals surface area contributed by atoms with Gasteiger partial charge in [0.15, 0.2) is 5.96 Å². The lowest BCUT2D eigenvalue weighted by Crippen LogP contribution is -2.52. The molecule has 2 fully saturated rings. The van der Waals surface area contributed by atoms with Crippen molar-refractivity contribution in [1.82, 2.24) is 20.4 Å². The average molecular weight is 430 g/mol. The molecule has 0 radical (unpaired) electrons. The predicted molar refractivity (Wildman–Crippen MR) is 126 cm³/mol. The van der Waals surface area contributed by atoms with Gasteiger partial charge in [-0.15, -0.1) is 0 Å². The molecule has 7 heteroatoms. The minimum Gasteiger partial charge on any atom is -0.494 e. The van der Waals surface area contributed by atoms with E-state index < -0.39 is 0 Å². The fourth-order valence-electron chi connectivity index (χ4n) is 4.03. The Morgan fingerprint density at radius 1 is 1.16 bits per heavy atom. The van der Waals surface area contributed by atoms with E-state index >= 15 is 0 Å².